The van der Waals surface area contributed by atoms with E-state index in [1.165, 1.54) is 0 Å². The Balaban J connectivity index is 2.72. The first-order chi connectivity index (χ1) is 9.46. The Morgan fingerprint density at radius 2 is 1.65 bits per heavy atom. The third-order valence-corrected chi connectivity index (χ3v) is 4.01. The van der Waals surface area contributed by atoms with Gasteiger partial charge in [0, 0.05) is 10.4 Å². The summed E-state index contributed by atoms with van der Waals surface area (Å²) in [5.74, 6) is -3.73. The number of carbonyl (C=O) groups is 2. The van der Waals surface area contributed by atoms with Gasteiger partial charge in [-0.2, -0.15) is 10.5 Å². The van der Waals surface area contributed by atoms with Gasteiger partial charge >= 0.3 is 0 Å². The molecule has 1 aromatic rings. The van der Waals surface area contributed by atoms with E-state index in [1.54, 1.807) is 31.2 Å². The fraction of sp³-hybridized carbons (Fsp3) is 0.286. The second kappa shape index (κ2) is 4.96. The fourth-order valence-corrected chi connectivity index (χ4v) is 2.91. The highest BCUT2D eigenvalue weighted by Crippen LogP contribution is 2.44. The monoisotopic (exact) mass is 287 g/mol. The first-order valence-corrected chi connectivity index (χ1v) is 6.23. The van der Waals surface area contributed by atoms with Crippen LogP contribution in [-0.2, 0) is 15.0 Å². The van der Waals surface area contributed by atoms with Crippen LogP contribution in [0.25, 0.3) is 0 Å². The molecule has 1 aliphatic rings. The predicted octanol–water partition coefficient (Wildman–Crippen LogP) is 1.53. The summed E-state index contributed by atoms with van der Waals surface area (Å²) in [5, 5.41) is 20.9. The van der Waals surface area contributed by atoms with Gasteiger partial charge in [-0.3, -0.25) is 14.9 Å². The standard InChI is InChI=1S/C14H10ClN3O2/c1-14(8-4-2-3-5-11(8)15)9(6-16)12(19)18-13(20)10(14)7-17/h2-5,9-10H,1H3,(H,18,19,20)/t9-,10-/m1/s1. The van der Waals surface area contributed by atoms with Crippen LogP contribution in [0.2, 0.25) is 5.02 Å². The molecule has 2 atom stereocenters. The summed E-state index contributed by atoms with van der Waals surface area (Å²) in [5.41, 5.74) is -0.829. The molecule has 1 aromatic carbocycles. The van der Waals surface area contributed by atoms with Gasteiger partial charge in [0.1, 0.15) is 11.8 Å². The van der Waals surface area contributed by atoms with Crippen LogP contribution in [0.5, 0.6) is 0 Å². The summed E-state index contributed by atoms with van der Waals surface area (Å²) >= 11 is 6.13. The average molecular weight is 288 g/mol. The SMILES string of the molecule is CC1(c2ccccc2Cl)[C@H](C#N)C(=O)NC(=O)[C@H]1C#N. The lowest BCUT2D eigenvalue weighted by Gasteiger charge is -2.40. The number of nitrogens with one attached hydrogen (secondary N) is 1. The molecule has 2 amide bonds. The number of hydrogen-bond acceptors (Lipinski definition) is 4. The zero-order valence-electron chi connectivity index (χ0n) is 10.6. The summed E-state index contributed by atoms with van der Waals surface area (Å²) in [4.78, 5) is 23.8. The van der Waals surface area contributed by atoms with Crippen molar-refractivity contribution in [2.24, 2.45) is 11.8 Å². The van der Waals surface area contributed by atoms with Crippen LogP contribution in [0.1, 0.15) is 12.5 Å². The molecule has 6 heteroatoms. The molecule has 0 spiro atoms. The normalized spacial score (nSPS) is 24.4. The van der Waals surface area contributed by atoms with Crippen molar-refractivity contribution in [3.8, 4) is 12.1 Å². The Hall–Kier alpha value is -2.37. The average Bonchev–Trinajstić information content (AvgIpc) is 2.39. The highest BCUT2D eigenvalue weighted by Gasteiger charge is 2.55. The second-order valence-corrected chi connectivity index (χ2v) is 5.15. The van der Waals surface area contributed by atoms with Gasteiger partial charge in [0.15, 0.2) is 0 Å². The van der Waals surface area contributed by atoms with Crippen molar-refractivity contribution in [2.75, 3.05) is 0 Å². The Bertz CT molecular complexity index is 640. The summed E-state index contributed by atoms with van der Waals surface area (Å²) in [6, 6.07) is 10.4. The van der Waals surface area contributed by atoms with Crippen molar-refractivity contribution in [3.63, 3.8) is 0 Å². The van der Waals surface area contributed by atoms with Crippen LogP contribution in [0.3, 0.4) is 0 Å². The van der Waals surface area contributed by atoms with Crippen LogP contribution in [-0.4, -0.2) is 11.8 Å². The smallest absolute Gasteiger partial charge is 0.244 e. The molecular weight excluding hydrogens is 278 g/mol. The molecule has 1 fully saturated rings. The van der Waals surface area contributed by atoms with E-state index in [0.29, 0.717) is 10.6 Å². The third kappa shape index (κ3) is 1.84. The van der Waals surface area contributed by atoms with Gasteiger partial charge in [0.05, 0.1) is 12.1 Å². The van der Waals surface area contributed by atoms with Crippen LogP contribution in [0, 0.1) is 34.5 Å². The van der Waals surface area contributed by atoms with Crippen molar-refractivity contribution in [2.45, 2.75) is 12.3 Å². The largest absolute Gasteiger partial charge is 0.294 e. The molecule has 1 saturated heterocycles. The highest BCUT2D eigenvalue weighted by atomic mass is 35.5. The Morgan fingerprint density at radius 3 is 2.10 bits per heavy atom. The number of nitrogens with zero attached hydrogens (tertiary/aromatic N) is 2. The van der Waals surface area contributed by atoms with Crippen molar-refractivity contribution < 1.29 is 9.59 Å². The van der Waals surface area contributed by atoms with E-state index in [1.807, 2.05) is 12.1 Å². The van der Waals surface area contributed by atoms with Gasteiger partial charge in [-0.25, -0.2) is 0 Å². The molecule has 0 radical (unpaired) electrons. The van der Waals surface area contributed by atoms with Gasteiger partial charge in [-0.1, -0.05) is 36.7 Å². The highest BCUT2D eigenvalue weighted by molar-refractivity contribution is 6.31. The first-order valence-electron chi connectivity index (χ1n) is 5.85. The van der Waals surface area contributed by atoms with Crippen LogP contribution in [0.15, 0.2) is 24.3 Å². The van der Waals surface area contributed by atoms with Crippen LogP contribution in [0.4, 0.5) is 0 Å². The maximum atomic E-state index is 11.9. The number of imide groups is 1. The molecule has 1 heterocycles. The molecule has 0 aromatic heterocycles. The van der Waals surface area contributed by atoms with E-state index in [0.717, 1.165) is 0 Å². The molecule has 1 aliphatic heterocycles. The molecular formula is C14H10ClN3O2. The number of hydrogen-bond donors (Lipinski definition) is 1. The van der Waals surface area contributed by atoms with Crippen molar-refractivity contribution >= 4 is 23.4 Å². The zero-order chi connectivity index (χ0) is 14.9. The fourth-order valence-electron chi connectivity index (χ4n) is 2.57. The van der Waals surface area contributed by atoms with E-state index in [9.17, 15) is 20.1 Å². The predicted molar refractivity (Wildman–Crippen MR) is 70.2 cm³/mol. The summed E-state index contributed by atoms with van der Waals surface area (Å²) in [6.45, 7) is 1.55. The molecule has 1 N–H and O–H groups in total. The minimum atomic E-state index is -1.28. The van der Waals surface area contributed by atoms with Crippen molar-refractivity contribution in [1.82, 2.24) is 5.32 Å². The summed E-state index contributed by atoms with van der Waals surface area (Å²) in [7, 11) is 0. The minimum Gasteiger partial charge on any atom is -0.294 e. The lowest BCUT2D eigenvalue weighted by Crippen LogP contribution is -2.58. The van der Waals surface area contributed by atoms with Crippen LogP contribution < -0.4 is 5.32 Å². The number of nitriles is 2. The van der Waals surface area contributed by atoms with Gasteiger partial charge < -0.3 is 0 Å². The molecule has 0 unspecified atom stereocenters. The van der Waals surface area contributed by atoms with Gasteiger partial charge in [-0.15, -0.1) is 0 Å². The van der Waals surface area contributed by atoms with E-state index in [2.05, 4.69) is 5.32 Å². The van der Waals surface area contributed by atoms with E-state index in [4.69, 9.17) is 11.6 Å². The molecule has 5 nitrogen and oxygen atoms in total. The van der Waals surface area contributed by atoms with Crippen LogP contribution >= 0.6 is 11.6 Å². The third-order valence-electron chi connectivity index (χ3n) is 3.68. The van der Waals surface area contributed by atoms with E-state index in [-0.39, 0.29) is 0 Å². The quantitative estimate of drug-likeness (QED) is 0.793. The lowest BCUT2D eigenvalue weighted by molar-refractivity contribution is -0.140. The minimum absolute atomic E-state index is 0.318. The van der Waals surface area contributed by atoms with Gasteiger partial charge in [0.25, 0.3) is 0 Å². The van der Waals surface area contributed by atoms with Crippen molar-refractivity contribution in [1.29, 1.82) is 10.5 Å². The molecule has 2 rings (SSSR count). The van der Waals surface area contributed by atoms with Gasteiger partial charge in [-0.05, 0) is 11.6 Å². The number of carbonyl (C=O) groups excluding carboxylic acids is 2. The molecule has 0 saturated carbocycles. The maximum Gasteiger partial charge on any atom is 0.244 e. The summed E-state index contributed by atoms with van der Waals surface area (Å²) in [6.07, 6.45) is 0. The molecule has 100 valence electrons. The Labute approximate surface area is 120 Å². The zero-order valence-corrected chi connectivity index (χ0v) is 11.3. The molecule has 0 bridgehead atoms. The van der Waals surface area contributed by atoms with Crippen molar-refractivity contribution in [3.05, 3.63) is 34.9 Å². The number of rotatable bonds is 1. The van der Waals surface area contributed by atoms with E-state index >= 15 is 0 Å². The second-order valence-electron chi connectivity index (χ2n) is 4.74. The number of benzene rings is 1. The number of piperidine rings is 1. The molecule has 0 aliphatic carbocycles. The van der Waals surface area contributed by atoms with Gasteiger partial charge in [0.2, 0.25) is 11.8 Å². The maximum absolute atomic E-state index is 11.9. The van der Waals surface area contributed by atoms with E-state index < -0.39 is 29.1 Å². The first kappa shape index (κ1) is 14.0. The molecule has 20 heavy (non-hydrogen) atoms. The lowest BCUT2D eigenvalue weighted by atomic mass is 9.62. The Morgan fingerprint density at radius 1 is 1.15 bits per heavy atom. The summed E-state index contributed by atoms with van der Waals surface area (Å²) < 4.78 is 0. The topological polar surface area (TPSA) is 93.8 Å². The Kier molecular flexibility index (Phi) is 3.48. The number of halogens is 1. The number of amides is 2.